The number of benzene rings is 9. The van der Waals surface area contributed by atoms with Gasteiger partial charge in [0.2, 0.25) is 5.91 Å². The lowest BCUT2D eigenvalue weighted by Crippen LogP contribution is -2.37. The van der Waals surface area contributed by atoms with Crippen molar-refractivity contribution in [1.82, 2.24) is 40.2 Å². The van der Waals surface area contributed by atoms with E-state index in [1.54, 1.807) is 118 Å². The van der Waals surface area contributed by atoms with Gasteiger partial charge >= 0.3 is 23.9 Å². The zero-order valence-corrected chi connectivity index (χ0v) is 70.9. The largest absolute Gasteiger partial charge is 0.481 e. The van der Waals surface area contributed by atoms with Gasteiger partial charge in [0, 0.05) is 107 Å². The number of aliphatic carboxylic acids is 2. The van der Waals surface area contributed by atoms with E-state index in [1.165, 1.54) is 30.5 Å². The number of nitrogens with zero attached hydrogens (tertiary/aromatic N) is 8. The number of nitro benzene ring substituents is 1. The number of nitrogens with two attached hydrogens (primary N) is 1. The summed E-state index contributed by atoms with van der Waals surface area (Å²) >= 11 is 49.6. The molecular weight excluding hydrogens is 1760 g/mol. The lowest BCUT2D eigenvalue weighted by Gasteiger charge is -2.13. The number of hydrogen-bond donors (Lipinski definition) is 5. The number of non-ortho nitro benzene ring substituents is 1. The number of pyridine rings is 7. The molecule has 9 aromatic carbocycles. The summed E-state index contributed by atoms with van der Waals surface area (Å²) in [4.78, 5) is 104. The van der Waals surface area contributed by atoms with Gasteiger partial charge in [-0.3, -0.25) is 39.4 Å². The first kappa shape index (κ1) is 91.8. The Morgan fingerprint density at radius 1 is 0.483 bits per heavy atom. The second-order valence-electron chi connectivity index (χ2n) is 25.5. The van der Waals surface area contributed by atoms with Gasteiger partial charge in [-0.25, -0.2) is 39.7 Å². The summed E-state index contributed by atoms with van der Waals surface area (Å²) < 4.78 is 6.10. The molecule has 8 heterocycles. The Balaban J connectivity index is 0.000000154. The molecule has 17 rings (SSSR count). The van der Waals surface area contributed by atoms with Crippen LogP contribution in [0.15, 0.2) is 272 Å². The highest BCUT2D eigenvalue weighted by atomic mass is 79.9. The number of anilines is 1. The van der Waals surface area contributed by atoms with E-state index in [0.717, 1.165) is 91.5 Å². The number of esters is 1. The Kier molecular flexibility index (Phi) is 34.1. The second kappa shape index (κ2) is 44.6. The first-order chi connectivity index (χ1) is 57.5. The molecule has 16 aromatic rings. The van der Waals surface area contributed by atoms with Gasteiger partial charge in [0.15, 0.2) is 0 Å². The number of fused-ring (bicyclic) bond motifs is 8. The molecule has 120 heavy (non-hydrogen) atoms. The van der Waals surface area contributed by atoms with Gasteiger partial charge in [0.05, 0.1) is 47.2 Å². The van der Waals surface area contributed by atoms with E-state index in [2.05, 4.69) is 56.1 Å². The molecule has 2 unspecified atom stereocenters. The Labute approximate surface area is 734 Å². The van der Waals surface area contributed by atoms with E-state index < -0.39 is 28.7 Å². The van der Waals surface area contributed by atoms with Crippen molar-refractivity contribution in [3.05, 3.63) is 357 Å². The number of carbonyl (C=O) groups excluding carboxylic acids is 3. The molecule has 0 fully saturated rings. The van der Waals surface area contributed by atoms with Crippen LogP contribution in [0.3, 0.4) is 0 Å². The van der Waals surface area contributed by atoms with E-state index in [-0.39, 0.29) is 46.5 Å². The molecule has 1 aliphatic rings. The molecule has 1 aliphatic heterocycles. The maximum atomic E-state index is 11.8. The van der Waals surface area contributed by atoms with E-state index >= 15 is 0 Å². The van der Waals surface area contributed by atoms with Gasteiger partial charge in [0.25, 0.3) is 11.6 Å². The van der Waals surface area contributed by atoms with Crippen LogP contribution >= 0.6 is 109 Å². The van der Waals surface area contributed by atoms with Crippen LogP contribution in [0.25, 0.3) is 75.4 Å². The maximum Gasteiger partial charge on any atom is 0.335 e. The molecule has 2 amide bonds. The lowest BCUT2D eigenvalue weighted by atomic mass is 9.96. The fourth-order valence-corrected chi connectivity index (χ4v) is 13.7. The zero-order valence-electron chi connectivity index (χ0n) is 63.3. The van der Waals surface area contributed by atoms with Crippen molar-refractivity contribution in [3.63, 3.8) is 0 Å². The molecular formula is C89H67BrCl8N10O12. The number of halogens is 9. The van der Waals surface area contributed by atoms with Gasteiger partial charge in [-0.15, -0.1) is 0 Å². The van der Waals surface area contributed by atoms with E-state index in [9.17, 15) is 38.9 Å². The molecule has 0 spiro atoms. The highest BCUT2D eigenvalue weighted by Gasteiger charge is 2.22. The third kappa shape index (κ3) is 26.2. The normalized spacial score (nSPS) is 11.4. The molecule has 31 heteroatoms. The Bertz CT molecular complexity index is 6380. The average Bonchev–Trinajstić information content (AvgIpc) is 0.803. The first-order valence-electron chi connectivity index (χ1n) is 35.8. The number of aromatic carboxylic acids is 1. The Hall–Kier alpha value is -12.1. The lowest BCUT2D eigenvalue weighted by molar-refractivity contribution is -0.383. The molecule has 608 valence electrons. The number of rotatable bonds is 9. The predicted molar refractivity (Wildman–Crippen MR) is 480 cm³/mol. The van der Waals surface area contributed by atoms with Crippen LogP contribution in [0.5, 0.6) is 0 Å². The molecule has 2 atom stereocenters. The summed E-state index contributed by atoms with van der Waals surface area (Å²) in [5.74, 6) is -4.58. The van der Waals surface area contributed by atoms with Crippen molar-refractivity contribution in [2.24, 2.45) is 0 Å². The monoisotopic (exact) mass is 1830 g/mol. The summed E-state index contributed by atoms with van der Waals surface area (Å²) in [6.45, 7) is 5.68. The number of aromatic nitrogens is 7. The van der Waals surface area contributed by atoms with Crippen LogP contribution in [-0.4, -0.2) is 97.4 Å². The zero-order chi connectivity index (χ0) is 86.7. The Morgan fingerprint density at radius 2 is 0.908 bits per heavy atom. The molecule has 0 saturated heterocycles. The van der Waals surface area contributed by atoms with Crippen LogP contribution in [0, 0.1) is 10.1 Å². The summed E-state index contributed by atoms with van der Waals surface area (Å²) in [6, 6.07) is 68.9. The van der Waals surface area contributed by atoms with Crippen molar-refractivity contribution >= 4 is 231 Å². The second-order valence-corrected chi connectivity index (χ2v) is 29.5. The van der Waals surface area contributed by atoms with Crippen LogP contribution in [-0.2, 0) is 36.8 Å². The van der Waals surface area contributed by atoms with Gasteiger partial charge in [-0.1, -0.05) is 266 Å². The number of nitrogen functional groups attached to an aromatic ring is 1. The fraction of sp³-hybridized carbons (Fsp3) is 0.0899. The molecule has 0 radical (unpaired) electrons. The number of amides is 2. The first-order valence-corrected chi connectivity index (χ1v) is 39.6. The van der Waals surface area contributed by atoms with Gasteiger partial charge in [0.1, 0.15) is 41.2 Å². The van der Waals surface area contributed by atoms with Crippen LogP contribution in [0.4, 0.5) is 11.4 Å². The van der Waals surface area contributed by atoms with Crippen molar-refractivity contribution in [2.45, 2.75) is 45.4 Å². The minimum absolute atomic E-state index is 0.0462. The number of imide groups is 1. The predicted octanol–water partition coefficient (Wildman–Crippen LogP) is 23.5. The third-order valence-corrected chi connectivity index (χ3v) is 19.9. The van der Waals surface area contributed by atoms with Crippen molar-refractivity contribution in [1.29, 1.82) is 0 Å². The van der Waals surface area contributed by atoms with Crippen LogP contribution in [0.2, 0.25) is 41.2 Å². The van der Waals surface area contributed by atoms with Crippen molar-refractivity contribution in [2.75, 3.05) is 12.3 Å². The smallest absolute Gasteiger partial charge is 0.335 e. The minimum Gasteiger partial charge on any atom is -0.481 e. The molecule has 6 N–H and O–H groups in total. The van der Waals surface area contributed by atoms with Gasteiger partial charge < -0.3 is 25.8 Å². The number of carbonyl (C=O) groups is 6. The average molecular weight is 1830 g/mol. The fourth-order valence-electron chi connectivity index (χ4n) is 11.7. The number of hydrogen-bond acceptors (Lipinski definition) is 17. The minimum atomic E-state index is -1.10. The summed E-state index contributed by atoms with van der Waals surface area (Å²) in [6.07, 6.45) is 10.2. The van der Waals surface area contributed by atoms with E-state index in [1.807, 2.05) is 140 Å². The summed E-state index contributed by atoms with van der Waals surface area (Å²) in [5, 5.41) is 55.8. The topological polar surface area (TPSA) is 344 Å². The van der Waals surface area contributed by atoms with Gasteiger partial charge in [-0.2, -0.15) is 0 Å². The van der Waals surface area contributed by atoms with E-state index in [0.29, 0.717) is 71.0 Å². The molecule has 0 aliphatic carbocycles. The SMILES string of the molecule is CC(C(=O)O)c1cccc2cnc(Cl)cc12.CCOC(=O)C(C)c1cccc2cnc(Cl)cc12.Clc1cc2c(Br)cccc2cn1.Clc1cc2ccccc2c(Cl)n1.Clc1cc2ccccc2cn1.Nc1cccc2cnc(Cl)cc12.O=C(O)Cc1ccccc1C(=O)O.O=C1Cc2ccccc2C(=O)N1.O=[N+]([O-])c1cccc2cnc(Cl)cc12. The quantitative estimate of drug-likeness (QED) is 0.0224. The van der Waals surface area contributed by atoms with Crippen LogP contribution < -0.4 is 11.1 Å². The number of carboxylic acid groups (broad SMARTS) is 3. The Morgan fingerprint density at radius 3 is 1.47 bits per heavy atom. The number of ether oxygens (including phenoxy) is 1. The molecule has 0 saturated carbocycles. The van der Waals surface area contributed by atoms with Crippen molar-refractivity contribution in [3.8, 4) is 0 Å². The molecule has 22 nitrogen and oxygen atoms in total. The standard InChI is InChI=1S/C14H14ClNO2.C12H10ClNO2.C9H5BrClN.C9H5Cl2N.C9H5ClN2O2.C9H7ClN2.C9H6ClN.C9H7NO2.C9H8O4/c1-3-18-14(17)9(2)11-6-4-5-10-8-16-13(15)7-12(10)11;1-7(12(15)16)9-4-2-3-8-6-14-11(13)5-10(8)9;10-8-3-1-2-6-5-12-9(11)4-7(6)8;10-8-5-6-3-1-2-4-7(6)9(11)12-8;10-9-4-7-6(5-11-9)2-1-3-8(7)12(13)14;10-9-4-7-6(5-12-9)2-1-3-8(7)11;10-9-5-7-3-1-2-4-8(7)6-11-9;11-8-5-6-3-1-2-4-7(6)9(12)10-8;10-8(11)5-6-3-1-2-4-7(6)9(12)13/h4-9H,3H2,1-2H3;2-7H,1H3,(H,15,16);2*1-5H;1-5H;1-5H,11H2;1-6H;1-4H,5H2,(H,10,11,12);1-4H,5H2,(H,10,11)(H,12,13). The molecule has 0 bridgehead atoms. The highest BCUT2D eigenvalue weighted by molar-refractivity contribution is 9.10. The highest BCUT2D eigenvalue weighted by Crippen LogP contribution is 2.32. The van der Waals surface area contributed by atoms with E-state index in [4.69, 9.17) is 119 Å². The summed E-state index contributed by atoms with van der Waals surface area (Å²) in [5.41, 5.74) is 9.98. The van der Waals surface area contributed by atoms with Crippen molar-refractivity contribution < 1.29 is 53.7 Å². The molecule has 7 aromatic heterocycles. The maximum absolute atomic E-state index is 11.8. The summed E-state index contributed by atoms with van der Waals surface area (Å²) in [7, 11) is 0. The number of carboxylic acids is 3. The number of nitro groups is 1. The van der Waals surface area contributed by atoms with Crippen LogP contribution in [0.1, 0.15) is 75.6 Å². The van der Waals surface area contributed by atoms with Gasteiger partial charge in [-0.05, 0) is 131 Å². The number of nitrogens with one attached hydrogen (secondary N) is 1. The third-order valence-electron chi connectivity index (χ3n) is 17.5.